The molecular formula is C14H15N3O3. The third kappa shape index (κ3) is 3.32. The smallest absolute Gasteiger partial charge is 0.272 e. The Morgan fingerprint density at radius 2 is 2.00 bits per heavy atom. The fourth-order valence-corrected chi connectivity index (χ4v) is 2.46. The third-order valence-electron chi connectivity index (χ3n) is 3.50. The first kappa shape index (κ1) is 14.0. The number of anilines is 1. The van der Waals surface area contributed by atoms with Crippen LogP contribution in [-0.2, 0) is 4.79 Å². The van der Waals surface area contributed by atoms with Crippen LogP contribution in [0.25, 0.3) is 0 Å². The molecule has 1 saturated carbocycles. The molecule has 20 heavy (non-hydrogen) atoms. The Kier molecular flexibility index (Phi) is 4.31. The molecule has 0 saturated heterocycles. The zero-order chi connectivity index (χ0) is 14.5. The maximum atomic E-state index is 12.1. The molecule has 6 nitrogen and oxygen atoms in total. The number of hydrogen-bond donors (Lipinski definition) is 1. The number of rotatable bonds is 3. The maximum absolute atomic E-state index is 12.1. The van der Waals surface area contributed by atoms with E-state index in [0.29, 0.717) is 5.69 Å². The van der Waals surface area contributed by atoms with Crippen LogP contribution in [0, 0.1) is 27.4 Å². The van der Waals surface area contributed by atoms with Crippen LogP contribution < -0.4 is 5.32 Å². The van der Waals surface area contributed by atoms with Crippen LogP contribution in [-0.4, -0.2) is 10.8 Å². The Morgan fingerprint density at radius 1 is 1.30 bits per heavy atom. The van der Waals surface area contributed by atoms with Gasteiger partial charge in [0.05, 0.1) is 16.6 Å². The van der Waals surface area contributed by atoms with E-state index in [1.807, 2.05) is 6.07 Å². The van der Waals surface area contributed by atoms with E-state index in [1.54, 1.807) is 0 Å². The molecule has 0 atom stereocenters. The van der Waals surface area contributed by atoms with Crippen LogP contribution in [0.5, 0.6) is 0 Å². The highest BCUT2D eigenvalue weighted by Gasteiger charge is 2.21. The summed E-state index contributed by atoms with van der Waals surface area (Å²) in [6.45, 7) is 0. The molecule has 1 amide bonds. The van der Waals surface area contributed by atoms with Gasteiger partial charge in [-0.1, -0.05) is 19.3 Å². The normalized spacial score (nSPS) is 15.3. The van der Waals surface area contributed by atoms with Gasteiger partial charge in [0.15, 0.2) is 0 Å². The second-order valence-electron chi connectivity index (χ2n) is 4.96. The average molecular weight is 273 g/mol. The molecule has 0 heterocycles. The van der Waals surface area contributed by atoms with Crippen molar-refractivity contribution >= 4 is 17.3 Å². The number of nitro benzene ring substituents is 1. The molecule has 1 fully saturated rings. The Labute approximate surface area is 116 Å². The second kappa shape index (κ2) is 6.15. The highest BCUT2D eigenvalue weighted by molar-refractivity contribution is 5.93. The maximum Gasteiger partial charge on any atom is 0.272 e. The molecule has 1 aromatic carbocycles. The molecule has 0 spiro atoms. The SMILES string of the molecule is N#Cc1cc(NC(=O)C2CCCCC2)cc([N+](=O)[O-])c1. The quantitative estimate of drug-likeness (QED) is 0.676. The number of hydrogen-bond acceptors (Lipinski definition) is 4. The molecule has 0 radical (unpaired) electrons. The summed E-state index contributed by atoms with van der Waals surface area (Å²) in [5.41, 5.74) is 0.285. The van der Waals surface area contributed by atoms with Gasteiger partial charge in [-0.2, -0.15) is 5.26 Å². The highest BCUT2D eigenvalue weighted by atomic mass is 16.6. The van der Waals surface area contributed by atoms with Crippen molar-refractivity contribution in [2.75, 3.05) is 5.32 Å². The Balaban J connectivity index is 2.15. The molecule has 1 aliphatic rings. The third-order valence-corrected chi connectivity index (χ3v) is 3.50. The van der Waals surface area contributed by atoms with E-state index in [-0.39, 0.29) is 23.1 Å². The molecule has 0 bridgehead atoms. The first-order valence-corrected chi connectivity index (χ1v) is 6.60. The summed E-state index contributed by atoms with van der Waals surface area (Å²) < 4.78 is 0. The lowest BCUT2D eigenvalue weighted by Gasteiger charge is -2.20. The van der Waals surface area contributed by atoms with E-state index in [1.165, 1.54) is 18.2 Å². The first-order valence-electron chi connectivity index (χ1n) is 6.60. The van der Waals surface area contributed by atoms with Crippen molar-refractivity contribution in [1.29, 1.82) is 5.26 Å². The fraction of sp³-hybridized carbons (Fsp3) is 0.429. The molecule has 0 aliphatic heterocycles. The number of nitriles is 1. The van der Waals surface area contributed by atoms with Gasteiger partial charge in [-0.05, 0) is 18.9 Å². The molecule has 104 valence electrons. The second-order valence-corrected chi connectivity index (χ2v) is 4.96. The summed E-state index contributed by atoms with van der Waals surface area (Å²) in [6.07, 6.45) is 4.93. The number of non-ortho nitro benzene ring substituents is 1. The van der Waals surface area contributed by atoms with Crippen molar-refractivity contribution in [2.24, 2.45) is 5.92 Å². The number of nitrogens with one attached hydrogen (secondary N) is 1. The van der Waals surface area contributed by atoms with Gasteiger partial charge in [-0.15, -0.1) is 0 Å². The zero-order valence-electron chi connectivity index (χ0n) is 11.0. The minimum absolute atomic E-state index is 0.0338. The van der Waals surface area contributed by atoms with Crippen LogP contribution in [0.15, 0.2) is 18.2 Å². The van der Waals surface area contributed by atoms with Gasteiger partial charge in [-0.3, -0.25) is 14.9 Å². The van der Waals surface area contributed by atoms with E-state index in [0.717, 1.165) is 32.1 Å². The molecule has 1 aromatic rings. The molecule has 1 N–H and O–H groups in total. The van der Waals surface area contributed by atoms with Gasteiger partial charge in [0.25, 0.3) is 5.69 Å². The van der Waals surface area contributed by atoms with Crippen molar-refractivity contribution in [1.82, 2.24) is 0 Å². The number of benzene rings is 1. The summed E-state index contributed by atoms with van der Waals surface area (Å²) in [4.78, 5) is 22.3. The minimum Gasteiger partial charge on any atom is -0.326 e. The monoisotopic (exact) mass is 273 g/mol. The summed E-state index contributed by atoms with van der Waals surface area (Å²) in [6, 6.07) is 5.78. The van der Waals surface area contributed by atoms with Gasteiger partial charge in [-0.25, -0.2) is 0 Å². The van der Waals surface area contributed by atoms with Crippen molar-refractivity contribution in [3.05, 3.63) is 33.9 Å². The van der Waals surface area contributed by atoms with Crippen LogP contribution in [0.4, 0.5) is 11.4 Å². The van der Waals surface area contributed by atoms with Gasteiger partial charge >= 0.3 is 0 Å². The Morgan fingerprint density at radius 3 is 2.60 bits per heavy atom. The van der Waals surface area contributed by atoms with Crippen molar-refractivity contribution in [3.63, 3.8) is 0 Å². The largest absolute Gasteiger partial charge is 0.326 e. The number of carbonyl (C=O) groups excluding carboxylic acids is 1. The molecular weight excluding hydrogens is 258 g/mol. The number of carbonyl (C=O) groups is 1. The lowest BCUT2D eigenvalue weighted by Crippen LogP contribution is -2.24. The van der Waals surface area contributed by atoms with E-state index >= 15 is 0 Å². The summed E-state index contributed by atoms with van der Waals surface area (Å²) in [5.74, 6) is -0.150. The predicted molar refractivity (Wildman–Crippen MR) is 73.0 cm³/mol. The first-order chi connectivity index (χ1) is 9.60. The van der Waals surface area contributed by atoms with Crippen LogP contribution in [0.2, 0.25) is 0 Å². The zero-order valence-corrected chi connectivity index (χ0v) is 11.0. The lowest BCUT2D eigenvalue weighted by molar-refractivity contribution is -0.384. The van der Waals surface area contributed by atoms with Crippen molar-refractivity contribution in [2.45, 2.75) is 32.1 Å². The van der Waals surface area contributed by atoms with E-state index in [4.69, 9.17) is 5.26 Å². The standard InChI is InChI=1S/C14H15N3O3/c15-9-10-6-12(8-13(7-10)17(19)20)16-14(18)11-4-2-1-3-5-11/h6-8,11H,1-5H2,(H,16,18). The molecule has 1 aliphatic carbocycles. The molecule has 0 unspecified atom stereocenters. The summed E-state index contributed by atoms with van der Waals surface area (Å²) >= 11 is 0. The molecule has 0 aromatic heterocycles. The molecule has 6 heteroatoms. The van der Waals surface area contributed by atoms with Crippen molar-refractivity contribution < 1.29 is 9.72 Å². The van der Waals surface area contributed by atoms with Crippen LogP contribution >= 0.6 is 0 Å². The van der Waals surface area contributed by atoms with Crippen molar-refractivity contribution in [3.8, 4) is 6.07 Å². The van der Waals surface area contributed by atoms with Gasteiger partial charge in [0.2, 0.25) is 5.91 Å². The molecule has 2 rings (SSSR count). The number of nitro groups is 1. The van der Waals surface area contributed by atoms with Crippen LogP contribution in [0.3, 0.4) is 0 Å². The van der Waals surface area contributed by atoms with Gasteiger partial charge in [0, 0.05) is 23.7 Å². The lowest BCUT2D eigenvalue weighted by atomic mass is 9.88. The van der Waals surface area contributed by atoms with E-state index in [2.05, 4.69) is 5.32 Å². The summed E-state index contributed by atoms with van der Waals surface area (Å²) in [7, 11) is 0. The minimum atomic E-state index is -0.572. The van der Waals surface area contributed by atoms with Gasteiger partial charge in [0.1, 0.15) is 0 Å². The summed E-state index contributed by atoms with van der Waals surface area (Å²) in [5, 5.41) is 22.3. The van der Waals surface area contributed by atoms with Gasteiger partial charge < -0.3 is 5.32 Å². The van der Waals surface area contributed by atoms with E-state index in [9.17, 15) is 14.9 Å². The Hall–Kier alpha value is -2.42. The Bertz CT molecular complexity index is 572. The fourth-order valence-electron chi connectivity index (χ4n) is 2.46. The van der Waals surface area contributed by atoms with Crippen LogP contribution in [0.1, 0.15) is 37.7 Å². The number of amides is 1. The number of nitrogens with zero attached hydrogens (tertiary/aromatic N) is 2. The highest BCUT2D eigenvalue weighted by Crippen LogP contribution is 2.26. The predicted octanol–water partition coefficient (Wildman–Crippen LogP) is 2.99. The topological polar surface area (TPSA) is 96.0 Å². The average Bonchev–Trinajstić information content (AvgIpc) is 2.47. The van der Waals surface area contributed by atoms with E-state index < -0.39 is 4.92 Å².